The average molecular weight is 259 g/mol. The molecule has 3 rings (SSSR count). The molecule has 2 aromatic rings. The lowest BCUT2D eigenvalue weighted by molar-refractivity contribution is 0.595. The normalized spacial score (nSPS) is 14.2. The number of rotatable bonds is 2. The number of hydrogen-bond donors (Lipinski definition) is 1. The van der Waals surface area contributed by atoms with Crippen LogP contribution < -0.4 is 10.9 Å². The summed E-state index contributed by atoms with van der Waals surface area (Å²) < 4.78 is 14.4. The van der Waals surface area contributed by atoms with Gasteiger partial charge in [-0.05, 0) is 30.7 Å². The Hall–Kier alpha value is -2.01. The summed E-state index contributed by atoms with van der Waals surface area (Å²) in [5.74, 6) is -0.272. The molecule has 0 unspecified atom stereocenters. The van der Waals surface area contributed by atoms with Gasteiger partial charge < -0.3 is 5.32 Å². The molecule has 0 radical (unpaired) electrons. The zero-order valence-corrected chi connectivity index (χ0v) is 10.4. The molecular formula is C14H14FN3O. The third-order valence-corrected chi connectivity index (χ3v) is 3.33. The number of fused-ring (bicyclic) bond motifs is 1. The fourth-order valence-corrected chi connectivity index (χ4v) is 2.29. The third kappa shape index (κ3) is 2.42. The maximum Gasteiger partial charge on any atom is 0.257 e. The van der Waals surface area contributed by atoms with Crippen molar-refractivity contribution in [2.24, 2.45) is 0 Å². The van der Waals surface area contributed by atoms with Gasteiger partial charge >= 0.3 is 0 Å². The quantitative estimate of drug-likeness (QED) is 0.877. The van der Waals surface area contributed by atoms with E-state index in [0.29, 0.717) is 19.5 Å². The zero-order chi connectivity index (χ0) is 13.2. The Morgan fingerprint density at radius 2 is 2.11 bits per heavy atom. The highest BCUT2D eigenvalue weighted by molar-refractivity contribution is 5.21. The fourth-order valence-electron chi connectivity index (χ4n) is 2.29. The molecule has 0 fully saturated rings. The smallest absolute Gasteiger partial charge is 0.257 e. The van der Waals surface area contributed by atoms with E-state index in [1.807, 2.05) is 0 Å². The molecule has 0 aliphatic carbocycles. The molecule has 4 nitrogen and oxygen atoms in total. The second-order valence-corrected chi connectivity index (χ2v) is 4.66. The van der Waals surface area contributed by atoms with Gasteiger partial charge in [0.15, 0.2) is 0 Å². The Morgan fingerprint density at radius 3 is 2.89 bits per heavy atom. The van der Waals surface area contributed by atoms with E-state index in [-0.39, 0.29) is 11.4 Å². The fraction of sp³-hybridized carbons (Fsp3) is 0.286. The Morgan fingerprint density at radius 1 is 1.32 bits per heavy atom. The molecule has 5 heteroatoms. The van der Waals surface area contributed by atoms with Crippen LogP contribution in [0.4, 0.5) is 4.39 Å². The Balaban J connectivity index is 1.93. The molecule has 0 bridgehead atoms. The molecule has 1 aromatic carbocycles. The van der Waals surface area contributed by atoms with Crippen LogP contribution in [0.1, 0.15) is 16.8 Å². The minimum absolute atomic E-state index is 0.0100. The maximum absolute atomic E-state index is 12.8. The standard InChI is InChI=1S/C14H14FN3O/c15-11-3-1-10(2-4-11)8-18-9-17-13-7-16-6-5-12(13)14(18)19/h1-4,9,16H,5-8H2. The number of nitrogens with one attached hydrogen (secondary N) is 1. The third-order valence-electron chi connectivity index (χ3n) is 3.33. The van der Waals surface area contributed by atoms with Gasteiger partial charge in [0.05, 0.1) is 18.6 Å². The van der Waals surface area contributed by atoms with Crippen LogP contribution in [0.2, 0.25) is 0 Å². The van der Waals surface area contributed by atoms with E-state index in [0.717, 1.165) is 23.4 Å². The predicted octanol–water partition coefficient (Wildman–Crippen LogP) is 1.08. The van der Waals surface area contributed by atoms with Gasteiger partial charge in [0.1, 0.15) is 5.82 Å². The molecule has 0 atom stereocenters. The summed E-state index contributed by atoms with van der Waals surface area (Å²) in [6.07, 6.45) is 2.28. The molecule has 1 aliphatic rings. The lowest BCUT2D eigenvalue weighted by Crippen LogP contribution is -2.34. The molecule has 0 amide bonds. The van der Waals surface area contributed by atoms with Gasteiger partial charge in [0.25, 0.3) is 5.56 Å². The highest BCUT2D eigenvalue weighted by atomic mass is 19.1. The Bertz CT molecular complexity index is 649. The predicted molar refractivity (Wildman–Crippen MR) is 69.4 cm³/mol. The van der Waals surface area contributed by atoms with E-state index < -0.39 is 0 Å². The van der Waals surface area contributed by atoms with Gasteiger partial charge in [-0.2, -0.15) is 0 Å². The number of benzene rings is 1. The van der Waals surface area contributed by atoms with Gasteiger partial charge in [0.2, 0.25) is 0 Å². The summed E-state index contributed by atoms with van der Waals surface area (Å²) in [4.78, 5) is 16.6. The molecule has 0 saturated heterocycles. The van der Waals surface area contributed by atoms with Crippen molar-refractivity contribution < 1.29 is 4.39 Å². The number of halogens is 1. The molecule has 1 aliphatic heterocycles. The average Bonchev–Trinajstić information content (AvgIpc) is 2.45. The summed E-state index contributed by atoms with van der Waals surface area (Å²) in [5.41, 5.74) is 2.53. The molecule has 0 saturated carbocycles. The van der Waals surface area contributed by atoms with Crippen LogP contribution in [0.15, 0.2) is 35.4 Å². The first-order valence-electron chi connectivity index (χ1n) is 6.26. The Labute approximate surface area is 109 Å². The lowest BCUT2D eigenvalue weighted by atomic mass is 10.1. The molecule has 98 valence electrons. The first-order valence-corrected chi connectivity index (χ1v) is 6.26. The monoisotopic (exact) mass is 259 g/mol. The first kappa shape index (κ1) is 12.0. The minimum atomic E-state index is -0.272. The number of hydrogen-bond acceptors (Lipinski definition) is 3. The first-order chi connectivity index (χ1) is 9.24. The second-order valence-electron chi connectivity index (χ2n) is 4.66. The summed E-state index contributed by atoms with van der Waals surface area (Å²) in [6, 6.07) is 6.16. The van der Waals surface area contributed by atoms with Crippen LogP contribution in [-0.4, -0.2) is 16.1 Å². The van der Waals surface area contributed by atoms with Gasteiger partial charge in [-0.1, -0.05) is 12.1 Å². The van der Waals surface area contributed by atoms with E-state index >= 15 is 0 Å². The van der Waals surface area contributed by atoms with Gasteiger partial charge in [-0.25, -0.2) is 9.37 Å². The molecule has 19 heavy (non-hydrogen) atoms. The van der Waals surface area contributed by atoms with Crippen LogP contribution in [0.5, 0.6) is 0 Å². The topological polar surface area (TPSA) is 46.9 Å². The number of aromatic nitrogens is 2. The van der Waals surface area contributed by atoms with E-state index in [2.05, 4.69) is 10.3 Å². The summed E-state index contributed by atoms with van der Waals surface area (Å²) in [5, 5.41) is 3.19. The lowest BCUT2D eigenvalue weighted by Gasteiger charge is -2.16. The molecule has 1 N–H and O–H groups in total. The van der Waals surface area contributed by atoms with Crippen LogP contribution in [0.3, 0.4) is 0 Å². The maximum atomic E-state index is 12.8. The highest BCUT2D eigenvalue weighted by Gasteiger charge is 2.15. The molecular weight excluding hydrogens is 245 g/mol. The molecule has 2 heterocycles. The molecule has 0 spiro atoms. The minimum Gasteiger partial charge on any atom is -0.311 e. The highest BCUT2D eigenvalue weighted by Crippen LogP contribution is 2.07. The van der Waals surface area contributed by atoms with Crippen molar-refractivity contribution in [3.05, 3.63) is 63.6 Å². The summed E-state index contributed by atoms with van der Waals surface area (Å²) >= 11 is 0. The number of nitrogens with zero attached hydrogens (tertiary/aromatic N) is 2. The van der Waals surface area contributed by atoms with E-state index in [1.165, 1.54) is 12.1 Å². The summed E-state index contributed by atoms with van der Waals surface area (Å²) in [7, 11) is 0. The van der Waals surface area contributed by atoms with Gasteiger partial charge in [0, 0.05) is 12.1 Å². The van der Waals surface area contributed by atoms with Crippen molar-refractivity contribution in [1.29, 1.82) is 0 Å². The van der Waals surface area contributed by atoms with E-state index in [1.54, 1.807) is 23.0 Å². The van der Waals surface area contributed by atoms with Crippen molar-refractivity contribution in [2.75, 3.05) is 6.54 Å². The molecule has 1 aromatic heterocycles. The Kier molecular flexibility index (Phi) is 3.13. The SMILES string of the molecule is O=c1c2c(ncn1Cc1ccc(F)cc1)CNCC2. The van der Waals surface area contributed by atoms with Crippen LogP contribution in [-0.2, 0) is 19.5 Å². The van der Waals surface area contributed by atoms with Crippen molar-refractivity contribution in [3.8, 4) is 0 Å². The van der Waals surface area contributed by atoms with Crippen LogP contribution >= 0.6 is 0 Å². The largest absolute Gasteiger partial charge is 0.311 e. The van der Waals surface area contributed by atoms with E-state index in [9.17, 15) is 9.18 Å². The van der Waals surface area contributed by atoms with Gasteiger partial charge in [-0.15, -0.1) is 0 Å². The van der Waals surface area contributed by atoms with Crippen molar-refractivity contribution in [1.82, 2.24) is 14.9 Å². The van der Waals surface area contributed by atoms with Crippen LogP contribution in [0.25, 0.3) is 0 Å². The van der Waals surface area contributed by atoms with Crippen molar-refractivity contribution in [2.45, 2.75) is 19.5 Å². The zero-order valence-electron chi connectivity index (χ0n) is 10.4. The van der Waals surface area contributed by atoms with E-state index in [4.69, 9.17) is 0 Å². The summed E-state index contributed by atoms with van der Waals surface area (Å²) in [6.45, 7) is 1.89. The van der Waals surface area contributed by atoms with Crippen molar-refractivity contribution in [3.63, 3.8) is 0 Å². The van der Waals surface area contributed by atoms with Crippen LogP contribution in [0, 0.1) is 5.82 Å². The second kappa shape index (κ2) is 4.93. The van der Waals surface area contributed by atoms with Crippen molar-refractivity contribution >= 4 is 0 Å². The van der Waals surface area contributed by atoms with Gasteiger partial charge in [-0.3, -0.25) is 9.36 Å².